The fraction of sp³-hybridized carbons (Fsp3) is 0.667. The van der Waals surface area contributed by atoms with E-state index in [4.69, 9.17) is 5.73 Å². The van der Waals surface area contributed by atoms with E-state index in [1.807, 2.05) is 13.8 Å². The summed E-state index contributed by atoms with van der Waals surface area (Å²) in [5, 5.41) is 3.60. The van der Waals surface area contributed by atoms with Gasteiger partial charge in [-0.2, -0.15) is 0 Å². The molecule has 0 bridgehead atoms. The average Bonchev–Trinajstić information content (AvgIpc) is 2.73. The van der Waals surface area contributed by atoms with Gasteiger partial charge >= 0.3 is 0 Å². The number of fused-ring (bicyclic) bond motifs is 1. The van der Waals surface area contributed by atoms with Crippen LogP contribution in [0.15, 0.2) is 0 Å². The first kappa shape index (κ1) is 12.5. The van der Waals surface area contributed by atoms with Crippen molar-refractivity contribution < 1.29 is 4.79 Å². The minimum absolute atomic E-state index is 0.0101. The third-order valence-corrected chi connectivity index (χ3v) is 3.91. The molecule has 5 heteroatoms. The van der Waals surface area contributed by atoms with Crippen molar-refractivity contribution in [3.8, 4) is 0 Å². The zero-order valence-electron chi connectivity index (χ0n) is 10.4. The number of thiazole rings is 1. The van der Waals surface area contributed by atoms with Crippen LogP contribution in [0, 0.1) is 0 Å². The van der Waals surface area contributed by atoms with E-state index >= 15 is 0 Å². The van der Waals surface area contributed by atoms with Crippen molar-refractivity contribution in [2.45, 2.75) is 51.5 Å². The molecule has 0 unspecified atom stereocenters. The number of nitrogens with one attached hydrogen (secondary N) is 1. The zero-order valence-corrected chi connectivity index (χ0v) is 11.2. The Balaban J connectivity index is 1.86. The van der Waals surface area contributed by atoms with Gasteiger partial charge in [0.2, 0.25) is 5.91 Å². The van der Waals surface area contributed by atoms with Crippen LogP contribution >= 0.6 is 11.3 Å². The van der Waals surface area contributed by atoms with Gasteiger partial charge in [0.05, 0.1) is 5.69 Å². The second-order valence-corrected chi connectivity index (χ2v) is 6.36. The summed E-state index contributed by atoms with van der Waals surface area (Å²) in [6, 6.07) is 0. The van der Waals surface area contributed by atoms with Crippen molar-refractivity contribution in [2.75, 3.05) is 5.32 Å². The minimum atomic E-state index is -0.290. The van der Waals surface area contributed by atoms with E-state index < -0.39 is 0 Å². The summed E-state index contributed by atoms with van der Waals surface area (Å²) in [5.74, 6) is 0.0101. The third-order valence-electron chi connectivity index (χ3n) is 2.84. The van der Waals surface area contributed by atoms with Gasteiger partial charge in [-0.05, 0) is 39.5 Å². The van der Waals surface area contributed by atoms with Crippen LogP contribution in [0.4, 0.5) is 5.13 Å². The van der Waals surface area contributed by atoms with Crippen LogP contribution in [0.5, 0.6) is 0 Å². The number of hydrogen-bond acceptors (Lipinski definition) is 4. The van der Waals surface area contributed by atoms with E-state index in [1.165, 1.54) is 17.0 Å². The van der Waals surface area contributed by atoms with Crippen molar-refractivity contribution >= 4 is 22.4 Å². The highest BCUT2D eigenvalue weighted by Gasteiger charge is 2.18. The van der Waals surface area contributed by atoms with Crippen LogP contribution < -0.4 is 11.1 Å². The molecule has 0 aromatic carbocycles. The summed E-state index contributed by atoms with van der Waals surface area (Å²) in [4.78, 5) is 17.4. The topological polar surface area (TPSA) is 68.0 Å². The predicted molar refractivity (Wildman–Crippen MR) is 70.3 cm³/mol. The molecule has 0 saturated carbocycles. The van der Waals surface area contributed by atoms with E-state index in [0.717, 1.165) is 18.0 Å². The second kappa shape index (κ2) is 4.74. The molecular weight excluding hydrogens is 234 g/mol. The Morgan fingerprint density at radius 3 is 2.94 bits per heavy atom. The SMILES string of the molecule is CC(C)(N)CCC(=O)Nc1nc2c(s1)CCC2. The summed E-state index contributed by atoms with van der Waals surface area (Å²) in [6.07, 6.45) is 4.50. The smallest absolute Gasteiger partial charge is 0.226 e. The first-order valence-corrected chi connectivity index (χ1v) is 6.83. The van der Waals surface area contributed by atoms with Gasteiger partial charge in [-0.15, -0.1) is 11.3 Å². The molecule has 1 aliphatic carbocycles. The number of rotatable bonds is 4. The van der Waals surface area contributed by atoms with Crippen LogP contribution in [-0.2, 0) is 17.6 Å². The lowest BCUT2D eigenvalue weighted by molar-refractivity contribution is -0.116. The summed E-state index contributed by atoms with van der Waals surface area (Å²) < 4.78 is 0. The Morgan fingerprint density at radius 1 is 1.53 bits per heavy atom. The summed E-state index contributed by atoms with van der Waals surface area (Å²) >= 11 is 1.61. The van der Waals surface area contributed by atoms with Crippen molar-refractivity contribution in [1.29, 1.82) is 0 Å². The normalized spacial score (nSPS) is 14.8. The molecule has 0 atom stereocenters. The Kier molecular flexibility index (Phi) is 3.49. The molecule has 0 saturated heterocycles. The third kappa shape index (κ3) is 3.51. The van der Waals surface area contributed by atoms with Crippen molar-refractivity contribution in [3.63, 3.8) is 0 Å². The quantitative estimate of drug-likeness (QED) is 0.863. The molecule has 0 radical (unpaired) electrons. The van der Waals surface area contributed by atoms with Crippen LogP contribution in [0.1, 0.15) is 43.7 Å². The number of nitrogens with two attached hydrogens (primary N) is 1. The van der Waals surface area contributed by atoms with Gasteiger partial charge in [0.15, 0.2) is 5.13 Å². The number of carbonyl (C=O) groups is 1. The highest BCUT2D eigenvalue weighted by molar-refractivity contribution is 7.15. The lowest BCUT2D eigenvalue weighted by Gasteiger charge is -2.17. The van der Waals surface area contributed by atoms with Gasteiger partial charge in [0, 0.05) is 16.8 Å². The second-order valence-electron chi connectivity index (χ2n) is 5.28. The lowest BCUT2D eigenvalue weighted by atomic mass is 10.00. The van der Waals surface area contributed by atoms with E-state index in [0.29, 0.717) is 12.8 Å². The number of carbonyl (C=O) groups excluding carboxylic acids is 1. The maximum absolute atomic E-state index is 11.7. The van der Waals surface area contributed by atoms with Gasteiger partial charge in [0.25, 0.3) is 0 Å². The van der Waals surface area contributed by atoms with Crippen molar-refractivity contribution in [1.82, 2.24) is 4.98 Å². The molecule has 1 aromatic rings. The minimum Gasteiger partial charge on any atom is -0.326 e. The molecule has 1 aromatic heterocycles. The molecular formula is C12H19N3OS. The summed E-state index contributed by atoms with van der Waals surface area (Å²) in [5.41, 5.74) is 6.72. The Bertz CT molecular complexity index is 398. The van der Waals surface area contributed by atoms with Crippen LogP contribution in [-0.4, -0.2) is 16.4 Å². The number of hydrogen-bond donors (Lipinski definition) is 2. The molecule has 2 rings (SSSR count). The maximum Gasteiger partial charge on any atom is 0.226 e. The monoisotopic (exact) mass is 253 g/mol. The van der Waals surface area contributed by atoms with E-state index in [2.05, 4.69) is 10.3 Å². The first-order chi connectivity index (χ1) is 7.94. The van der Waals surface area contributed by atoms with Crippen LogP contribution in [0.25, 0.3) is 0 Å². The van der Waals surface area contributed by atoms with E-state index in [-0.39, 0.29) is 11.4 Å². The average molecular weight is 253 g/mol. The van der Waals surface area contributed by atoms with Crippen LogP contribution in [0.3, 0.4) is 0 Å². The number of anilines is 1. The highest BCUT2D eigenvalue weighted by Crippen LogP contribution is 2.30. The number of aryl methyl sites for hydroxylation is 2. The van der Waals surface area contributed by atoms with Gasteiger partial charge < -0.3 is 11.1 Å². The molecule has 1 amide bonds. The molecule has 3 N–H and O–H groups in total. The first-order valence-electron chi connectivity index (χ1n) is 6.01. The largest absolute Gasteiger partial charge is 0.326 e. The summed E-state index contributed by atoms with van der Waals surface area (Å²) in [7, 11) is 0. The van der Waals surface area contributed by atoms with Crippen LogP contribution in [0.2, 0.25) is 0 Å². The molecule has 1 heterocycles. The molecule has 0 fully saturated rings. The molecule has 1 aliphatic rings. The lowest BCUT2D eigenvalue weighted by Crippen LogP contribution is -2.33. The molecule has 94 valence electrons. The fourth-order valence-corrected chi connectivity index (χ4v) is 2.93. The predicted octanol–water partition coefficient (Wildman–Crippen LogP) is 2.09. The van der Waals surface area contributed by atoms with Gasteiger partial charge in [-0.25, -0.2) is 4.98 Å². The van der Waals surface area contributed by atoms with E-state index in [9.17, 15) is 4.79 Å². The van der Waals surface area contributed by atoms with Gasteiger partial charge in [0.1, 0.15) is 0 Å². The van der Waals surface area contributed by atoms with Crippen molar-refractivity contribution in [2.24, 2.45) is 5.73 Å². The van der Waals surface area contributed by atoms with E-state index in [1.54, 1.807) is 11.3 Å². The molecule has 0 aliphatic heterocycles. The molecule has 17 heavy (non-hydrogen) atoms. The Hall–Kier alpha value is -0.940. The van der Waals surface area contributed by atoms with Crippen molar-refractivity contribution in [3.05, 3.63) is 10.6 Å². The fourth-order valence-electron chi connectivity index (χ4n) is 1.86. The number of aromatic nitrogens is 1. The van der Waals surface area contributed by atoms with Gasteiger partial charge in [-0.1, -0.05) is 0 Å². The number of amides is 1. The number of nitrogens with zero attached hydrogens (tertiary/aromatic N) is 1. The maximum atomic E-state index is 11.7. The standard InChI is InChI=1S/C12H19N3OS/c1-12(2,13)7-6-10(16)15-11-14-8-4-3-5-9(8)17-11/h3-7,13H2,1-2H3,(H,14,15,16). The zero-order chi connectivity index (χ0) is 12.5. The Labute approximate surface area is 106 Å². The molecule has 0 spiro atoms. The van der Waals surface area contributed by atoms with Gasteiger partial charge in [-0.3, -0.25) is 4.79 Å². The Morgan fingerprint density at radius 2 is 2.29 bits per heavy atom. The molecule has 4 nitrogen and oxygen atoms in total. The highest BCUT2D eigenvalue weighted by atomic mass is 32.1. The summed E-state index contributed by atoms with van der Waals surface area (Å²) in [6.45, 7) is 3.86.